The standard InChI is InChI=1S/C22H22BrN5O2/c1-22(2,3)30-21(29)28-10-4-5-18(28)20-26-12-17(27-20)15-8-6-14(7-9-15)16-11-25-19(23)13-24-16/h4-9,11-13,18H,10H2,1-3H3,(H,26,27). The molecule has 0 spiro atoms. The number of aromatic nitrogens is 4. The second-order valence-electron chi connectivity index (χ2n) is 7.99. The van der Waals surface area contributed by atoms with Gasteiger partial charge in [-0.05, 0) is 42.3 Å². The summed E-state index contributed by atoms with van der Waals surface area (Å²) >= 11 is 3.30. The molecule has 0 bridgehead atoms. The number of carbonyl (C=O) groups excluding carboxylic acids is 1. The molecule has 0 saturated heterocycles. The first-order chi connectivity index (χ1) is 14.3. The third-order valence-corrected chi connectivity index (χ3v) is 4.98. The van der Waals surface area contributed by atoms with E-state index in [0.717, 1.165) is 22.5 Å². The Labute approximate surface area is 183 Å². The summed E-state index contributed by atoms with van der Waals surface area (Å²) in [6.45, 7) is 6.08. The number of aromatic amines is 1. The van der Waals surface area contributed by atoms with E-state index in [2.05, 4.69) is 35.9 Å². The SMILES string of the molecule is CC(C)(C)OC(=O)N1CC=CC1c1ncc(-c2ccc(-c3cnc(Br)cn3)cc2)[nH]1. The molecule has 1 amide bonds. The number of nitrogens with one attached hydrogen (secondary N) is 1. The van der Waals surface area contributed by atoms with Crippen LogP contribution < -0.4 is 0 Å². The lowest BCUT2D eigenvalue weighted by Crippen LogP contribution is -2.37. The first kappa shape index (κ1) is 20.3. The van der Waals surface area contributed by atoms with Gasteiger partial charge in [0.1, 0.15) is 22.1 Å². The minimum Gasteiger partial charge on any atom is -0.444 e. The van der Waals surface area contributed by atoms with Crippen molar-refractivity contribution >= 4 is 22.0 Å². The number of H-pyrrole nitrogens is 1. The number of imidazole rings is 1. The van der Waals surface area contributed by atoms with Crippen LogP contribution in [0.15, 0.2) is 59.6 Å². The molecule has 7 nitrogen and oxygen atoms in total. The molecule has 0 aliphatic carbocycles. The molecule has 0 radical (unpaired) electrons. The van der Waals surface area contributed by atoms with Gasteiger partial charge in [-0.1, -0.05) is 36.4 Å². The van der Waals surface area contributed by atoms with Crippen LogP contribution in [0.1, 0.15) is 32.6 Å². The second-order valence-corrected chi connectivity index (χ2v) is 8.80. The van der Waals surface area contributed by atoms with Crippen LogP contribution in [-0.4, -0.2) is 43.1 Å². The first-order valence-electron chi connectivity index (χ1n) is 9.60. The van der Waals surface area contributed by atoms with E-state index in [4.69, 9.17) is 4.74 Å². The van der Waals surface area contributed by atoms with Gasteiger partial charge in [0.05, 0.1) is 30.0 Å². The molecule has 1 unspecified atom stereocenters. The number of nitrogens with zero attached hydrogens (tertiary/aromatic N) is 4. The van der Waals surface area contributed by atoms with Crippen molar-refractivity contribution in [3.05, 3.63) is 65.4 Å². The topological polar surface area (TPSA) is 84.0 Å². The van der Waals surface area contributed by atoms with E-state index in [1.807, 2.05) is 57.2 Å². The molecule has 4 rings (SSSR count). The summed E-state index contributed by atoms with van der Waals surface area (Å²) in [6.07, 6.45) is 8.74. The average Bonchev–Trinajstić information content (AvgIpc) is 3.37. The van der Waals surface area contributed by atoms with Crippen molar-refractivity contribution in [1.29, 1.82) is 0 Å². The van der Waals surface area contributed by atoms with Gasteiger partial charge in [-0.15, -0.1) is 0 Å². The highest BCUT2D eigenvalue weighted by molar-refractivity contribution is 9.10. The largest absolute Gasteiger partial charge is 0.444 e. The summed E-state index contributed by atoms with van der Waals surface area (Å²) < 4.78 is 6.22. The van der Waals surface area contributed by atoms with Crippen molar-refractivity contribution in [2.45, 2.75) is 32.4 Å². The number of amides is 1. The summed E-state index contributed by atoms with van der Waals surface area (Å²) in [5, 5.41) is 0. The van der Waals surface area contributed by atoms with Crippen molar-refractivity contribution in [1.82, 2.24) is 24.8 Å². The average molecular weight is 468 g/mol. The van der Waals surface area contributed by atoms with E-state index in [1.165, 1.54) is 0 Å². The van der Waals surface area contributed by atoms with E-state index in [0.29, 0.717) is 17.0 Å². The van der Waals surface area contributed by atoms with E-state index in [-0.39, 0.29) is 12.1 Å². The van der Waals surface area contributed by atoms with Crippen LogP contribution in [0.4, 0.5) is 4.79 Å². The molecule has 3 aromatic rings. The zero-order valence-corrected chi connectivity index (χ0v) is 18.5. The Morgan fingerprint density at radius 2 is 1.83 bits per heavy atom. The van der Waals surface area contributed by atoms with Gasteiger partial charge in [-0.25, -0.2) is 14.8 Å². The maximum atomic E-state index is 12.5. The molecule has 0 saturated carbocycles. The molecule has 30 heavy (non-hydrogen) atoms. The van der Waals surface area contributed by atoms with Gasteiger partial charge in [-0.3, -0.25) is 9.88 Å². The molecule has 0 fully saturated rings. The minimum atomic E-state index is -0.542. The number of benzene rings is 1. The summed E-state index contributed by atoms with van der Waals surface area (Å²) in [7, 11) is 0. The van der Waals surface area contributed by atoms with Gasteiger partial charge in [0.15, 0.2) is 0 Å². The summed E-state index contributed by atoms with van der Waals surface area (Å²) in [6, 6.07) is 7.73. The number of rotatable bonds is 3. The highest BCUT2D eigenvalue weighted by Gasteiger charge is 2.31. The number of carbonyl (C=O) groups is 1. The number of hydrogen-bond acceptors (Lipinski definition) is 5. The van der Waals surface area contributed by atoms with E-state index in [1.54, 1.807) is 23.5 Å². The van der Waals surface area contributed by atoms with Crippen LogP contribution >= 0.6 is 15.9 Å². The molecule has 1 aliphatic rings. The Morgan fingerprint density at radius 1 is 1.10 bits per heavy atom. The zero-order chi connectivity index (χ0) is 21.3. The predicted molar refractivity (Wildman–Crippen MR) is 118 cm³/mol. The summed E-state index contributed by atoms with van der Waals surface area (Å²) in [4.78, 5) is 30.6. The Kier molecular flexibility index (Phi) is 5.42. The maximum absolute atomic E-state index is 12.5. The fourth-order valence-electron chi connectivity index (χ4n) is 3.18. The van der Waals surface area contributed by atoms with Crippen molar-refractivity contribution in [2.75, 3.05) is 6.54 Å². The van der Waals surface area contributed by atoms with E-state index >= 15 is 0 Å². The Morgan fingerprint density at radius 3 is 2.50 bits per heavy atom. The highest BCUT2D eigenvalue weighted by Crippen LogP contribution is 2.29. The van der Waals surface area contributed by atoms with Crippen LogP contribution in [0.2, 0.25) is 0 Å². The minimum absolute atomic E-state index is 0.272. The van der Waals surface area contributed by atoms with Crippen molar-refractivity contribution in [2.24, 2.45) is 0 Å². The van der Waals surface area contributed by atoms with Crippen LogP contribution in [0.3, 0.4) is 0 Å². The smallest absolute Gasteiger partial charge is 0.411 e. The van der Waals surface area contributed by atoms with Crippen LogP contribution in [0.5, 0.6) is 0 Å². The highest BCUT2D eigenvalue weighted by atomic mass is 79.9. The monoisotopic (exact) mass is 467 g/mol. The molecule has 3 heterocycles. The Hall–Kier alpha value is -3.00. The molecular weight excluding hydrogens is 446 g/mol. The lowest BCUT2D eigenvalue weighted by molar-refractivity contribution is 0.0235. The van der Waals surface area contributed by atoms with Gasteiger partial charge in [-0.2, -0.15) is 0 Å². The van der Waals surface area contributed by atoms with Crippen molar-refractivity contribution in [3.8, 4) is 22.5 Å². The fraction of sp³-hybridized carbons (Fsp3) is 0.273. The van der Waals surface area contributed by atoms with Gasteiger partial charge in [0.2, 0.25) is 0 Å². The predicted octanol–water partition coefficient (Wildman–Crippen LogP) is 5.14. The summed E-state index contributed by atoms with van der Waals surface area (Å²) in [5.41, 5.74) is 3.11. The van der Waals surface area contributed by atoms with Crippen LogP contribution in [-0.2, 0) is 4.74 Å². The van der Waals surface area contributed by atoms with Gasteiger partial charge in [0.25, 0.3) is 0 Å². The van der Waals surface area contributed by atoms with Gasteiger partial charge >= 0.3 is 6.09 Å². The maximum Gasteiger partial charge on any atom is 0.411 e. The number of halogens is 1. The molecule has 1 aromatic carbocycles. The second kappa shape index (κ2) is 8.02. The third kappa shape index (κ3) is 4.43. The zero-order valence-electron chi connectivity index (χ0n) is 17.0. The van der Waals surface area contributed by atoms with Crippen molar-refractivity contribution < 1.29 is 9.53 Å². The molecule has 154 valence electrons. The Bertz CT molecular complexity index is 1070. The summed E-state index contributed by atoms with van der Waals surface area (Å²) in [5.74, 6) is 0.701. The number of ether oxygens (including phenoxy) is 1. The van der Waals surface area contributed by atoms with Crippen molar-refractivity contribution in [3.63, 3.8) is 0 Å². The van der Waals surface area contributed by atoms with E-state index in [9.17, 15) is 4.79 Å². The Balaban J connectivity index is 1.51. The molecular formula is C22H22BrN5O2. The molecule has 1 N–H and O–H groups in total. The molecule has 1 atom stereocenters. The number of hydrogen-bond donors (Lipinski definition) is 1. The normalized spacial score (nSPS) is 16.1. The van der Waals surface area contributed by atoms with Gasteiger partial charge in [0, 0.05) is 12.1 Å². The third-order valence-electron chi connectivity index (χ3n) is 4.57. The molecule has 2 aromatic heterocycles. The lowest BCUT2D eigenvalue weighted by Gasteiger charge is -2.27. The fourth-order valence-corrected chi connectivity index (χ4v) is 3.39. The van der Waals surface area contributed by atoms with E-state index < -0.39 is 5.60 Å². The molecule has 8 heteroatoms. The first-order valence-corrected chi connectivity index (χ1v) is 10.4. The lowest BCUT2D eigenvalue weighted by atomic mass is 10.1. The van der Waals surface area contributed by atoms with Crippen LogP contribution in [0.25, 0.3) is 22.5 Å². The quantitative estimate of drug-likeness (QED) is 0.538. The van der Waals surface area contributed by atoms with Gasteiger partial charge < -0.3 is 9.72 Å². The van der Waals surface area contributed by atoms with Crippen LogP contribution in [0, 0.1) is 0 Å². The molecule has 1 aliphatic heterocycles.